The van der Waals surface area contributed by atoms with E-state index in [1.807, 2.05) is 49.3 Å². The van der Waals surface area contributed by atoms with Gasteiger partial charge in [-0.25, -0.2) is 0 Å². The summed E-state index contributed by atoms with van der Waals surface area (Å²) in [5.74, 6) is -0.578. The van der Waals surface area contributed by atoms with Crippen LogP contribution >= 0.6 is 11.6 Å². The summed E-state index contributed by atoms with van der Waals surface area (Å²) in [5.41, 5.74) is 5.14. The van der Waals surface area contributed by atoms with Crippen molar-refractivity contribution in [3.05, 3.63) is 69.4 Å². The Hall–Kier alpha value is -3.69. The molecule has 0 radical (unpaired) electrons. The van der Waals surface area contributed by atoms with Crippen molar-refractivity contribution in [3.8, 4) is 0 Å². The molecule has 4 amide bonds. The fourth-order valence-corrected chi connectivity index (χ4v) is 6.49. The van der Waals surface area contributed by atoms with Gasteiger partial charge < -0.3 is 19.7 Å². The highest BCUT2D eigenvalue weighted by molar-refractivity contribution is 6.31. The Morgan fingerprint density at radius 2 is 1.82 bits per heavy atom. The lowest BCUT2D eigenvalue weighted by atomic mass is 9.87. The molecule has 10 heteroatoms. The first-order chi connectivity index (χ1) is 19.2. The number of carbonyl (C=O) groups excluding carboxylic acids is 4. The fourth-order valence-electron chi connectivity index (χ4n) is 6.31. The van der Waals surface area contributed by atoms with Crippen molar-refractivity contribution in [2.45, 2.75) is 50.7 Å². The molecule has 1 atom stereocenters. The number of aromatic amines is 1. The molecule has 2 aromatic carbocycles. The first-order valence-electron chi connectivity index (χ1n) is 13.7. The van der Waals surface area contributed by atoms with Crippen LogP contribution in [0, 0.1) is 0 Å². The second-order valence-electron chi connectivity index (χ2n) is 11.3. The van der Waals surface area contributed by atoms with Crippen LogP contribution in [0.2, 0.25) is 5.02 Å². The number of rotatable bonds is 5. The van der Waals surface area contributed by atoms with Crippen LogP contribution in [-0.2, 0) is 22.7 Å². The average molecular weight is 562 g/mol. The summed E-state index contributed by atoms with van der Waals surface area (Å²) in [6.07, 6.45) is 2.24. The first-order valence-corrected chi connectivity index (χ1v) is 14.1. The number of fused-ring (bicyclic) bond motifs is 2. The third kappa shape index (κ3) is 4.77. The van der Waals surface area contributed by atoms with E-state index in [4.69, 9.17) is 11.6 Å². The maximum atomic E-state index is 13.7. The molecular weight excluding hydrogens is 530 g/mol. The van der Waals surface area contributed by atoms with Gasteiger partial charge in [-0.05, 0) is 68.6 Å². The zero-order valence-electron chi connectivity index (χ0n) is 22.6. The Balaban J connectivity index is 1.15. The summed E-state index contributed by atoms with van der Waals surface area (Å²) in [7, 11) is 3.98. The Labute approximate surface area is 237 Å². The second-order valence-corrected chi connectivity index (χ2v) is 11.7. The highest BCUT2D eigenvalue weighted by Gasteiger charge is 2.39. The monoisotopic (exact) mass is 561 g/mol. The number of likely N-dealkylation sites (tertiary alicyclic amines) is 1. The number of hydrogen-bond donors (Lipinski definition) is 2. The lowest BCUT2D eigenvalue weighted by Crippen LogP contribution is -2.52. The van der Waals surface area contributed by atoms with E-state index in [0.717, 1.165) is 40.4 Å². The molecule has 9 nitrogen and oxygen atoms in total. The van der Waals surface area contributed by atoms with E-state index in [-0.39, 0.29) is 30.1 Å². The van der Waals surface area contributed by atoms with Gasteiger partial charge in [-0.3, -0.25) is 24.5 Å². The lowest BCUT2D eigenvalue weighted by molar-refractivity contribution is -0.136. The van der Waals surface area contributed by atoms with E-state index in [1.165, 1.54) is 0 Å². The van der Waals surface area contributed by atoms with E-state index in [1.54, 1.807) is 4.90 Å². The summed E-state index contributed by atoms with van der Waals surface area (Å²) in [6, 6.07) is 11.0. The number of H-pyrrole nitrogens is 1. The molecule has 40 heavy (non-hydrogen) atoms. The maximum absolute atomic E-state index is 13.7. The number of hydrogen-bond acceptors (Lipinski definition) is 5. The Kier molecular flexibility index (Phi) is 6.88. The van der Waals surface area contributed by atoms with Gasteiger partial charge in [0.1, 0.15) is 11.7 Å². The van der Waals surface area contributed by atoms with Gasteiger partial charge in [-0.1, -0.05) is 29.8 Å². The second kappa shape index (κ2) is 10.4. The summed E-state index contributed by atoms with van der Waals surface area (Å²) in [5, 5.41) is 3.99. The quantitative estimate of drug-likeness (QED) is 0.463. The van der Waals surface area contributed by atoms with Gasteiger partial charge in [0.05, 0.1) is 0 Å². The molecule has 0 saturated carbocycles. The van der Waals surface area contributed by atoms with Gasteiger partial charge in [0, 0.05) is 59.7 Å². The van der Waals surface area contributed by atoms with Crippen molar-refractivity contribution < 1.29 is 19.2 Å². The van der Waals surface area contributed by atoms with Crippen molar-refractivity contribution in [3.63, 3.8) is 0 Å². The largest absolute Gasteiger partial charge is 0.350 e. The van der Waals surface area contributed by atoms with E-state index in [0.29, 0.717) is 48.9 Å². The van der Waals surface area contributed by atoms with E-state index in [9.17, 15) is 19.2 Å². The number of amides is 4. The molecule has 1 aromatic heterocycles. The maximum Gasteiger partial charge on any atom is 0.270 e. The summed E-state index contributed by atoms with van der Waals surface area (Å²) >= 11 is 6.21. The molecule has 2 fully saturated rings. The van der Waals surface area contributed by atoms with Crippen LogP contribution < -0.4 is 5.32 Å². The van der Waals surface area contributed by atoms with Crippen LogP contribution in [0.1, 0.15) is 69.1 Å². The van der Waals surface area contributed by atoms with Gasteiger partial charge in [-0.15, -0.1) is 0 Å². The number of carbonyl (C=O) groups is 4. The van der Waals surface area contributed by atoms with E-state index >= 15 is 0 Å². The molecule has 208 valence electrons. The van der Waals surface area contributed by atoms with Crippen molar-refractivity contribution >= 4 is 46.1 Å². The molecule has 0 bridgehead atoms. The zero-order chi connectivity index (χ0) is 28.1. The minimum atomic E-state index is -0.617. The molecular formula is C30H32ClN5O4. The molecule has 3 aromatic rings. The molecule has 6 rings (SSSR count). The fraction of sp³-hybridized carbons (Fsp3) is 0.400. The third-order valence-corrected chi connectivity index (χ3v) is 8.59. The molecule has 2 saturated heterocycles. The van der Waals surface area contributed by atoms with Crippen LogP contribution in [0.3, 0.4) is 0 Å². The molecule has 1 unspecified atom stereocenters. The molecule has 3 aliphatic heterocycles. The number of nitrogens with zero attached hydrogens (tertiary/aromatic N) is 3. The van der Waals surface area contributed by atoms with Crippen molar-refractivity contribution in [2.75, 3.05) is 27.2 Å². The van der Waals surface area contributed by atoms with Gasteiger partial charge in [-0.2, -0.15) is 0 Å². The standard InChI is InChI=1S/C30H32ClN5O4/c1-34(2)16-23-22-6-4-20(31)14-24(22)32-27(23)30(40)35-11-9-17(10-12-35)18-3-5-21-19(13-18)15-36(29(21)39)25-7-8-26(37)33-28(25)38/h3-6,13-14,17,25,32H,7-12,15-16H2,1-2H3,(H,33,37,38). The van der Waals surface area contributed by atoms with Gasteiger partial charge in [0.2, 0.25) is 11.8 Å². The van der Waals surface area contributed by atoms with Crippen LogP contribution in [0.4, 0.5) is 0 Å². The van der Waals surface area contributed by atoms with Gasteiger partial charge in [0.25, 0.3) is 11.8 Å². The van der Waals surface area contributed by atoms with Gasteiger partial charge >= 0.3 is 0 Å². The minimum absolute atomic E-state index is 0.00190. The highest BCUT2D eigenvalue weighted by atomic mass is 35.5. The van der Waals surface area contributed by atoms with Crippen molar-refractivity contribution in [2.24, 2.45) is 0 Å². The number of benzene rings is 2. The summed E-state index contributed by atoms with van der Waals surface area (Å²) in [4.78, 5) is 59.5. The van der Waals surface area contributed by atoms with E-state index in [2.05, 4.69) is 21.3 Å². The van der Waals surface area contributed by atoms with Crippen molar-refractivity contribution in [1.82, 2.24) is 25.0 Å². The number of imide groups is 1. The predicted molar refractivity (Wildman–Crippen MR) is 151 cm³/mol. The number of aromatic nitrogens is 1. The minimum Gasteiger partial charge on any atom is -0.350 e. The van der Waals surface area contributed by atoms with Crippen LogP contribution in [-0.4, -0.2) is 76.5 Å². The SMILES string of the molecule is CN(C)Cc1c(C(=O)N2CCC(c3ccc4c(c3)CN(C3CCC(=O)NC3=O)C4=O)CC2)[nH]c2cc(Cl)ccc12. The molecule has 0 spiro atoms. The van der Waals surface area contributed by atoms with Crippen molar-refractivity contribution in [1.29, 1.82) is 0 Å². The molecule has 2 N–H and O–H groups in total. The lowest BCUT2D eigenvalue weighted by Gasteiger charge is -2.32. The highest BCUT2D eigenvalue weighted by Crippen LogP contribution is 2.35. The summed E-state index contributed by atoms with van der Waals surface area (Å²) in [6.45, 7) is 2.28. The Bertz CT molecular complexity index is 1540. The van der Waals surface area contributed by atoms with E-state index < -0.39 is 11.9 Å². The van der Waals surface area contributed by atoms with Gasteiger partial charge in [0.15, 0.2) is 0 Å². The zero-order valence-corrected chi connectivity index (χ0v) is 23.4. The number of halogens is 1. The average Bonchev–Trinajstić information content (AvgIpc) is 3.44. The Morgan fingerprint density at radius 3 is 2.55 bits per heavy atom. The summed E-state index contributed by atoms with van der Waals surface area (Å²) < 4.78 is 0. The molecule has 3 aliphatic rings. The Morgan fingerprint density at radius 1 is 1.05 bits per heavy atom. The molecule has 0 aliphatic carbocycles. The normalized spacial score (nSPS) is 20.0. The topological polar surface area (TPSA) is 106 Å². The third-order valence-electron chi connectivity index (χ3n) is 8.36. The first kappa shape index (κ1) is 26.5. The smallest absolute Gasteiger partial charge is 0.270 e. The number of piperidine rings is 2. The van der Waals surface area contributed by atoms with Crippen LogP contribution in [0.15, 0.2) is 36.4 Å². The predicted octanol–water partition coefficient (Wildman–Crippen LogP) is 3.66. The van der Waals surface area contributed by atoms with Crippen LogP contribution in [0.5, 0.6) is 0 Å². The number of nitrogens with one attached hydrogen (secondary N) is 2. The molecule has 4 heterocycles. The van der Waals surface area contributed by atoms with Crippen LogP contribution in [0.25, 0.3) is 10.9 Å².